The Bertz CT molecular complexity index is 582. The Balaban J connectivity index is 2.11. The molecular formula is C11H12N4O2S. The number of nitrogens with one attached hydrogen (secondary N) is 1. The van der Waals surface area contributed by atoms with Crippen molar-refractivity contribution in [1.82, 2.24) is 4.98 Å². The van der Waals surface area contributed by atoms with Gasteiger partial charge in [0.2, 0.25) is 0 Å². The molecule has 0 unspecified atom stereocenters. The minimum atomic E-state index is -0.488. The van der Waals surface area contributed by atoms with E-state index < -0.39 is 4.92 Å². The van der Waals surface area contributed by atoms with Gasteiger partial charge in [0.1, 0.15) is 11.6 Å². The highest BCUT2D eigenvalue weighted by Crippen LogP contribution is 2.20. The summed E-state index contributed by atoms with van der Waals surface area (Å²) >= 11 is 1.67. The highest BCUT2D eigenvalue weighted by molar-refractivity contribution is 7.11. The molecule has 18 heavy (non-hydrogen) atoms. The van der Waals surface area contributed by atoms with Crippen LogP contribution >= 0.6 is 11.3 Å². The van der Waals surface area contributed by atoms with E-state index in [2.05, 4.69) is 10.3 Å². The molecule has 3 N–H and O–H groups in total. The summed E-state index contributed by atoms with van der Waals surface area (Å²) in [7, 11) is 0. The molecule has 6 nitrogen and oxygen atoms in total. The zero-order chi connectivity index (χ0) is 13.1. The molecule has 0 saturated carbocycles. The van der Waals surface area contributed by atoms with E-state index >= 15 is 0 Å². The summed E-state index contributed by atoms with van der Waals surface area (Å²) in [5.74, 6) is 0.543. The van der Waals surface area contributed by atoms with Crippen LogP contribution in [0.2, 0.25) is 0 Å². The molecule has 0 aromatic carbocycles. The number of nitrogens with two attached hydrogens (primary N) is 1. The smallest absolute Gasteiger partial charge is 0.276 e. The van der Waals surface area contributed by atoms with Crippen molar-refractivity contribution in [3.8, 4) is 0 Å². The van der Waals surface area contributed by atoms with Crippen LogP contribution < -0.4 is 11.1 Å². The molecular weight excluding hydrogens is 252 g/mol. The predicted octanol–water partition coefficient (Wildman–Crippen LogP) is 2.55. The molecule has 0 atom stereocenters. The van der Waals surface area contributed by atoms with Gasteiger partial charge in [0.15, 0.2) is 0 Å². The Labute approximate surface area is 108 Å². The first-order valence-corrected chi connectivity index (χ1v) is 6.07. The van der Waals surface area contributed by atoms with Crippen molar-refractivity contribution in [2.24, 2.45) is 0 Å². The summed E-state index contributed by atoms with van der Waals surface area (Å²) in [4.78, 5) is 16.6. The second kappa shape index (κ2) is 5.01. The second-order valence-corrected chi connectivity index (χ2v) is 5.13. The molecule has 0 fully saturated rings. The lowest BCUT2D eigenvalue weighted by molar-refractivity contribution is -0.384. The third kappa shape index (κ3) is 2.95. The van der Waals surface area contributed by atoms with Gasteiger partial charge in [-0.15, -0.1) is 11.3 Å². The van der Waals surface area contributed by atoms with Crippen LogP contribution in [-0.2, 0) is 6.54 Å². The van der Waals surface area contributed by atoms with Gasteiger partial charge in [-0.25, -0.2) is 4.98 Å². The van der Waals surface area contributed by atoms with E-state index in [1.807, 2.05) is 19.1 Å². The van der Waals surface area contributed by atoms with Crippen LogP contribution in [0.25, 0.3) is 0 Å². The zero-order valence-electron chi connectivity index (χ0n) is 9.71. The molecule has 2 aromatic rings. The third-order valence-electron chi connectivity index (χ3n) is 2.28. The largest absolute Gasteiger partial charge is 0.383 e. The molecule has 2 heterocycles. The van der Waals surface area contributed by atoms with Crippen LogP contribution in [0, 0.1) is 17.0 Å². The lowest BCUT2D eigenvalue weighted by Gasteiger charge is -2.04. The molecule has 0 aliphatic carbocycles. The number of pyridine rings is 1. The molecule has 0 aliphatic heterocycles. The van der Waals surface area contributed by atoms with E-state index in [0.29, 0.717) is 12.4 Å². The lowest BCUT2D eigenvalue weighted by atomic mass is 10.3. The number of hydrogen-bond donors (Lipinski definition) is 2. The molecule has 0 aliphatic rings. The number of aromatic nitrogens is 1. The summed E-state index contributed by atoms with van der Waals surface area (Å²) in [5, 5.41) is 13.7. The number of anilines is 2. The van der Waals surface area contributed by atoms with Gasteiger partial charge in [0, 0.05) is 9.75 Å². The van der Waals surface area contributed by atoms with E-state index in [0.717, 1.165) is 4.88 Å². The number of nitrogen functional groups attached to an aromatic ring is 1. The SMILES string of the molecule is Cc1ccc(CNc2cc([N+](=O)[O-])cc(N)n2)s1. The summed E-state index contributed by atoms with van der Waals surface area (Å²) in [6.45, 7) is 2.60. The Morgan fingerprint density at radius 1 is 1.50 bits per heavy atom. The van der Waals surface area contributed by atoms with E-state index in [1.165, 1.54) is 17.0 Å². The van der Waals surface area contributed by atoms with Crippen LogP contribution in [0.1, 0.15) is 9.75 Å². The fraction of sp³-hybridized carbons (Fsp3) is 0.182. The Morgan fingerprint density at radius 2 is 2.28 bits per heavy atom. The fourth-order valence-corrected chi connectivity index (χ4v) is 2.32. The molecule has 2 rings (SSSR count). The molecule has 0 bridgehead atoms. The third-order valence-corrected chi connectivity index (χ3v) is 3.28. The van der Waals surface area contributed by atoms with Gasteiger partial charge in [0.25, 0.3) is 5.69 Å². The Kier molecular flexibility index (Phi) is 3.42. The normalized spacial score (nSPS) is 10.3. The van der Waals surface area contributed by atoms with Gasteiger partial charge >= 0.3 is 0 Å². The van der Waals surface area contributed by atoms with Gasteiger partial charge in [0.05, 0.1) is 23.6 Å². The van der Waals surface area contributed by atoms with Crippen molar-refractivity contribution >= 4 is 28.7 Å². The first kappa shape index (κ1) is 12.3. The minimum Gasteiger partial charge on any atom is -0.383 e. The zero-order valence-corrected chi connectivity index (χ0v) is 10.5. The van der Waals surface area contributed by atoms with Crippen LogP contribution in [0.4, 0.5) is 17.3 Å². The molecule has 2 aromatic heterocycles. The summed E-state index contributed by atoms with van der Waals surface area (Å²) < 4.78 is 0. The van der Waals surface area contributed by atoms with Crippen LogP contribution in [0.3, 0.4) is 0 Å². The molecule has 7 heteroatoms. The average molecular weight is 264 g/mol. The molecule has 0 saturated heterocycles. The first-order valence-electron chi connectivity index (χ1n) is 5.26. The first-order chi connectivity index (χ1) is 8.54. The van der Waals surface area contributed by atoms with Crippen LogP contribution in [0.5, 0.6) is 0 Å². The summed E-state index contributed by atoms with van der Waals surface area (Å²) in [6, 6.07) is 6.64. The van der Waals surface area contributed by atoms with Crippen molar-refractivity contribution in [3.05, 3.63) is 44.1 Å². The second-order valence-electron chi connectivity index (χ2n) is 3.76. The van der Waals surface area contributed by atoms with Crippen molar-refractivity contribution in [2.45, 2.75) is 13.5 Å². The van der Waals surface area contributed by atoms with Gasteiger partial charge in [-0.2, -0.15) is 0 Å². The lowest BCUT2D eigenvalue weighted by Crippen LogP contribution is -2.03. The highest BCUT2D eigenvalue weighted by atomic mass is 32.1. The standard InChI is InChI=1S/C11H12N4O2S/c1-7-2-3-9(18-7)6-13-11-5-8(15(16)17)4-10(12)14-11/h2-5H,6H2,1H3,(H3,12,13,14). The van der Waals surface area contributed by atoms with Gasteiger partial charge in [-0.3, -0.25) is 10.1 Å². The summed E-state index contributed by atoms with van der Waals surface area (Å²) in [5.41, 5.74) is 5.45. The fourth-order valence-electron chi connectivity index (χ4n) is 1.49. The maximum atomic E-state index is 10.7. The van der Waals surface area contributed by atoms with Gasteiger partial charge in [-0.05, 0) is 19.1 Å². The maximum Gasteiger partial charge on any atom is 0.276 e. The van der Waals surface area contributed by atoms with E-state index in [9.17, 15) is 10.1 Å². The topological polar surface area (TPSA) is 94.1 Å². The number of aryl methyl sites for hydroxylation is 1. The maximum absolute atomic E-state index is 10.7. The highest BCUT2D eigenvalue weighted by Gasteiger charge is 2.09. The number of nitro groups is 1. The molecule has 0 radical (unpaired) electrons. The molecule has 0 amide bonds. The van der Waals surface area contributed by atoms with Crippen LogP contribution in [0.15, 0.2) is 24.3 Å². The van der Waals surface area contributed by atoms with E-state index in [-0.39, 0.29) is 11.5 Å². The monoisotopic (exact) mass is 264 g/mol. The Hall–Kier alpha value is -2.15. The van der Waals surface area contributed by atoms with Crippen LogP contribution in [-0.4, -0.2) is 9.91 Å². The average Bonchev–Trinajstić information content (AvgIpc) is 2.72. The quantitative estimate of drug-likeness (QED) is 0.653. The van der Waals surface area contributed by atoms with Gasteiger partial charge in [-0.1, -0.05) is 0 Å². The van der Waals surface area contributed by atoms with Crippen molar-refractivity contribution < 1.29 is 4.92 Å². The Morgan fingerprint density at radius 3 is 2.89 bits per heavy atom. The minimum absolute atomic E-state index is 0.0626. The van der Waals surface area contributed by atoms with Crippen molar-refractivity contribution in [1.29, 1.82) is 0 Å². The van der Waals surface area contributed by atoms with E-state index in [1.54, 1.807) is 11.3 Å². The van der Waals surface area contributed by atoms with Gasteiger partial charge < -0.3 is 11.1 Å². The van der Waals surface area contributed by atoms with Crippen molar-refractivity contribution in [3.63, 3.8) is 0 Å². The number of hydrogen-bond acceptors (Lipinski definition) is 6. The van der Waals surface area contributed by atoms with E-state index in [4.69, 9.17) is 5.73 Å². The predicted molar refractivity (Wildman–Crippen MR) is 71.7 cm³/mol. The number of nitrogens with zero attached hydrogens (tertiary/aromatic N) is 2. The number of rotatable bonds is 4. The molecule has 94 valence electrons. The number of thiophene rings is 1. The molecule has 0 spiro atoms. The summed E-state index contributed by atoms with van der Waals surface area (Å²) in [6.07, 6.45) is 0. The van der Waals surface area contributed by atoms with Crippen molar-refractivity contribution in [2.75, 3.05) is 11.1 Å².